The fourth-order valence-corrected chi connectivity index (χ4v) is 2.99. The molecule has 2 aromatic rings. The molecule has 0 aliphatic heterocycles. The lowest BCUT2D eigenvalue weighted by Crippen LogP contribution is -2.05. The van der Waals surface area contributed by atoms with Gasteiger partial charge < -0.3 is 5.32 Å². The standard InChI is InChI=1S/C15H16ClFN2/c1-2-6-18-14-10-4-3-5-13(10)19-15-11(14)7-9(17)8-12(15)16/h7-8H,2-6H2,1H3,(H,18,19). The zero-order valence-electron chi connectivity index (χ0n) is 10.9. The molecule has 100 valence electrons. The Kier molecular flexibility index (Phi) is 3.31. The topological polar surface area (TPSA) is 24.9 Å². The summed E-state index contributed by atoms with van der Waals surface area (Å²) < 4.78 is 13.6. The van der Waals surface area contributed by atoms with Gasteiger partial charge in [-0.1, -0.05) is 18.5 Å². The molecule has 0 amide bonds. The van der Waals surface area contributed by atoms with Crippen molar-refractivity contribution in [3.63, 3.8) is 0 Å². The van der Waals surface area contributed by atoms with E-state index < -0.39 is 0 Å². The van der Waals surface area contributed by atoms with Crippen LogP contribution in [-0.2, 0) is 12.8 Å². The number of aryl methyl sites for hydroxylation is 1. The van der Waals surface area contributed by atoms with Crippen LogP contribution in [0.2, 0.25) is 5.02 Å². The first-order valence-corrected chi connectivity index (χ1v) is 7.13. The summed E-state index contributed by atoms with van der Waals surface area (Å²) in [5.74, 6) is -0.309. The second kappa shape index (κ2) is 4.97. The maximum absolute atomic E-state index is 13.6. The highest BCUT2D eigenvalue weighted by molar-refractivity contribution is 6.35. The molecule has 1 aliphatic rings. The van der Waals surface area contributed by atoms with Crippen molar-refractivity contribution in [3.8, 4) is 0 Å². The lowest BCUT2D eigenvalue weighted by molar-refractivity contribution is 0.629. The van der Waals surface area contributed by atoms with Crippen molar-refractivity contribution in [2.24, 2.45) is 0 Å². The van der Waals surface area contributed by atoms with Gasteiger partial charge in [-0.2, -0.15) is 0 Å². The van der Waals surface area contributed by atoms with E-state index in [1.165, 1.54) is 17.7 Å². The van der Waals surface area contributed by atoms with Crippen LogP contribution < -0.4 is 5.32 Å². The Bertz CT molecular complexity index is 640. The number of nitrogens with zero attached hydrogens (tertiary/aromatic N) is 1. The van der Waals surface area contributed by atoms with Gasteiger partial charge in [0.1, 0.15) is 5.82 Å². The lowest BCUT2D eigenvalue weighted by atomic mass is 10.1. The van der Waals surface area contributed by atoms with Gasteiger partial charge in [0.15, 0.2) is 0 Å². The lowest BCUT2D eigenvalue weighted by Gasteiger charge is -2.15. The van der Waals surface area contributed by atoms with Gasteiger partial charge in [0.25, 0.3) is 0 Å². The summed E-state index contributed by atoms with van der Waals surface area (Å²) in [6.45, 7) is 2.99. The van der Waals surface area contributed by atoms with Crippen LogP contribution in [-0.4, -0.2) is 11.5 Å². The average molecular weight is 279 g/mol. The molecule has 0 spiro atoms. The largest absolute Gasteiger partial charge is 0.384 e. The molecule has 0 bridgehead atoms. The number of nitrogens with one attached hydrogen (secondary N) is 1. The van der Waals surface area contributed by atoms with Crippen molar-refractivity contribution >= 4 is 28.2 Å². The van der Waals surface area contributed by atoms with E-state index in [1.807, 2.05) is 0 Å². The molecule has 4 heteroatoms. The first kappa shape index (κ1) is 12.7. The molecule has 1 heterocycles. The molecule has 0 saturated heterocycles. The highest BCUT2D eigenvalue weighted by Gasteiger charge is 2.20. The van der Waals surface area contributed by atoms with Gasteiger partial charge in [-0.15, -0.1) is 0 Å². The number of halogens is 2. The van der Waals surface area contributed by atoms with Gasteiger partial charge in [-0.25, -0.2) is 4.39 Å². The highest BCUT2D eigenvalue weighted by Crippen LogP contribution is 2.36. The summed E-state index contributed by atoms with van der Waals surface area (Å²) in [6.07, 6.45) is 4.14. The van der Waals surface area contributed by atoms with Gasteiger partial charge in [0.2, 0.25) is 0 Å². The average Bonchev–Trinajstić information content (AvgIpc) is 2.83. The Morgan fingerprint density at radius 2 is 2.21 bits per heavy atom. The fourth-order valence-electron chi connectivity index (χ4n) is 2.74. The van der Waals surface area contributed by atoms with Crippen LogP contribution in [0.3, 0.4) is 0 Å². The minimum Gasteiger partial charge on any atom is -0.384 e. The molecule has 1 aromatic heterocycles. The Balaban J connectivity index is 2.28. The predicted molar refractivity (Wildman–Crippen MR) is 77.5 cm³/mol. The minimum atomic E-state index is -0.309. The monoisotopic (exact) mass is 278 g/mol. The predicted octanol–water partition coefficient (Wildman–Crippen LogP) is 4.34. The third-order valence-electron chi connectivity index (χ3n) is 3.59. The molecule has 0 fully saturated rings. The highest BCUT2D eigenvalue weighted by atomic mass is 35.5. The maximum Gasteiger partial charge on any atom is 0.125 e. The van der Waals surface area contributed by atoms with E-state index in [0.717, 1.165) is 49.0 Å². The van der Waals surface area contributed by atoms with E-state index in [4.69, 9.17) is 11.6 Å². The van der Waals surface area contributed by atoms with Gasteiger partial charge >= 0.3 is 0 Å². The van der Waals surface area contributed by atoms with Crippen LogP contribution >= 0.6 is 11.6 Å². The van der Waals surface area contributed by atoms with E-state index >= 15 is 0 Å². The van der Waals surface area contributed by atoms with Crippen molar-refractivity contribution in [1.29, 1.82) is 0 Å². The maximum atomic E-state index is 13.6. The number of rotatable bonds is 3. The van der Waals surface area contributed by atoms with Gasteiger partial charge in [0.05, 0.1) is 10.5 Å². The number of benzene rings is 1. The summed E-state index contributed by atoms with van der Waals surface area (Å²) in [5.41, 5.74) is 4.09. The van der Waals surface area contributed by atoms with Crippen molar-refractivity contribution in [3.05, 3.63) is 34.2 Å². The van der Waals surface area contributed by atoms with E-state index in [9.17, 15) is 4.39 Å². The molecule has 0 unspecified atom stereocenters. The number of fused-ring (bicyclic) bond motifs is 2. The van der Waals surface area contributed by atoms with E-state index in [-0.39, 0.29) is 5.82 Å². The number of hydrogen-bond acceptors (Lipinski definition) is 2. The van der Waals surface area contributed by atoms with Crippen LogP contribution in [0.15, 0.2) is 12.1 Å². The third kappa shape index (κ3) is 2.16. The summed E-state index contributed by atoms with van der Waals surface area (Å²) in [4.78, 5) is 4.63. The zero-order valence-corrected chi connectivity index (χ0v) is 11.6. The Morgan fingerprint density at radius 1 is 1.37 bits per heavy atom. The summed E-state index contributed by atoms with van der Waals surface area (Å²) in [6, 6.07) is 2.87. The molecule has 2 nitrogen and oxygen atoms in total. The van der Waals surface area contributed by atoms with Gasteiger partial charge in [-0.05, 0) is 43.4 Å². The minimum absolute atomic E-state index is 0.309. The van der Waals surface area contributed by atoms with Crippen molar-refractivity contribution in [1.82, 2.24) is 4.98 Å². The van der Waals surface area contributed by atoms with Crippen molar-refractivity contribution in [2.75, 3.05) is 11.9 Å². The van der Waals surface area contributed by atoms with Gasteiger partial charge in [-0.3, -0.25) is 4.98 Å². The van der Waals surface area contributed by atoms with Crippen LogP contribution in [0.5, 0.6) is 0 Å². The smallest absolute Gasteiger partial charge is 0.125 e. The molecule has 1 N–H and O–H groups in total. The first-order chi connectivity index (χ1) is 9.20. The van der Waals surface area contributed by atoms with Crippen molar-refractivity contribution < 1.29 is 4.39 Å². The zero-order chi connectivity index (χ0) is 13.4. The molecule has 0 atom stereocenters. The van der Waals surface area contributed by atoms with E-state index in [0.29, 0.717) is 10.5 Å². The van der Waals surface area contributed by atoms with Crippen molar-refractivity contribution in [2.45, 2.75) is 32.6 Å². The second-order valence-electron chi connectivity index (χ2n) is 4.98. The summed E-state index contributed by atoms with van der Waals surface area (Å²) in [7, 11) is 0. The number of aromatic nitrogens is 1. The summed E-state index contributed by atoms with van der Waals surface area (Å²) in [5, 5.41) is 4.62. The molecule has 0 saturated carbocycles. The van der Waals surface area contributed by atoms with Crippen LogP contribution in [0.1, 0.15) is 31.0 Å². The molecule has 0 radical (unpaired) electrons. The molecule has 1 aliphatic carbocycles. The quantitative estimate of drug-likeness (QED) is 0.903. The molecular weight excluding hydrogens is 263 g/mol. The number of pyridine rings is 1. The van der Waals surface area contributed by atoms with Crippen LogP contribution in [0.25, 0.3) is 10.9 Å². The van der Waals surface area contributed by atoms with Gasteiger partial charge in [0, 0.05) is 23.3 Å². The normalized spacial score (nSPS) is 13.8. The Morgan fingerprint density at radius 3 is 3.00 bits per heavy atom. The molecule has 19 heavy (non-hydrogen) atoms. The van der Waals surface area contributed by atoms with Crippen LogP contribution in [0, 0.1) is 5.82 Å². The number of anilines is 1. The SMILES string of the molecule is CCCNc1c2c(nc3c(Cl)cc(F)cc13)CCC2. The number of hydrogen-bond donors (Lipinski definition) is 1. The Labute approximate surface area is 117 Å². The molecular formula is C15H16ClFN2. The van der Waals surface area contributed by atoms with Crippen LogP contribution in [0.4, 0.5) is 10.1 Å². The molecule has 3 rings (SSSR count). The third-order valence-corrected chi connectivity index (χ3v) is 3.87. The second-order valence-corrected chi connectivity index (χ2v) is 5.38. The Hall–Kier alpha value is -1.35. The first-order valence-electron chi connectivity index (χ1n) is 6.75. The molecule has 1 aromatic carbocycles. The fraction of sp³-hybridized carbons (Fsp3) is 0.400. The van der Waals surface area contributed by atoms with E-state index in [1.54, 1.807) is 0 Å². The summed E-state index contributed by atoms with van der Waals surface area (Å²) >= 11 is 6.14. The van der Waals surface area contributed by atoms with E-state index in [2.05, 4.69) is 17.2 Å².